The van der Waals surface area contributed by atoms with Crippen LogP contribution in [0.2, 0.25) is 5.02 Å². The van der Waals surface area contributed by atoms with Crippen LogP contribution in [0.3, 0.4) is 0 Å². The number of amides is 4. The van der Waals surface area contributed by atoms with Crippen molar-refractivity contribution in [1.29, 1.82) is 0 Å². The van der Waals surface area contributed by atoms with Crippen molar-refractivity contribution in [3.8, 4) is 0 Å². The highest BCUT2D eigenvalue weighted by Crippen LogP contribution is 2.32. The predicted molar refractivity (Wildman–Crippen MR) is 180 cm³/mol. The van der Waals surface area contributed by atoms with Crippen molar-refractivity contribution in [1.82, 2.24) is 28.7 Å². The zero-order valence-electron chi connectivity index (χ0n) is 25.6. The molecule has 4 rings (SSSR count). The third-order valence-corrected chi connectivity index (χ3v) is 8.28. The molecular weight excluding hydrogens is 672 g/mol. The number of aromatic nitrogens is 6. The van der Waals surface area contributed by atoms with Crippen LogP contribution in [0, 0.1) is 13.8 Å². The predicted octanol–water partition coefficient (Wildman–Crippen LogP) is 2.17. The third kappa shape index (κ3) is 9.89. The maximum absolute atomic E-state index is 11.5. The highest BCUT2D eigenvalue weighted by atomic mass is 35.5. The molecule has 0 aliphatic heterocycles. The van der Waals surface area contributed by atoms with Gasteiger partial charge in [-0.1, -0.05) is 25.4 Å². The Morgan fingerprint density at radius 2 is 1.28 bits per heavy atom. The normalized spacial score (nSPS) is 11.8. The van der Waals surface area contributed by atoms with Gasteiger partial charge in [-0.25, -0.2) is 19.9 Å². The fourth-order valence-corrected chi connectivity index (χ4v) is 5.23. The van der Waals surface area contributed by atoms with Gasteiger partial charge in [0, 0.05) is 0 Å². The van der Waals surface area contributed by atoms with E-state index >= 15 is 0 Å². The zero-order valence-corrected chi connectivity index (χ0v) is 28.0. The molecule has 47 heavy (non-hydrogen) atoms. The summed E-state index contributed by atoms with van der Waals surface area (Å²) >= 11 is 8.45. The van der Waals surface area contributed by atoms with Crippen molar-refractivity contribution in [3.05, 3.63) is 46.3 Å². The Morgan fingerprint density at radius 3 is 1.64 bits per heavy atom. The molecule has 12 N–H and O–H groups in total. The van der Waals surface area contributed by atoms with Gasteiger partial charge in [-0.05, 0) is 55.8 Å². The summed E-state index contributed by atoms with van der Waals surface area (Å²) in [6, 6.07) is 0.609. The smallest absolute Gasteiger partial charge is 0.271 e. The minimum absolute atomic E-state index is 0.00581. The monoisotopic (exact) mass is 704 g/mol. The lowest BCUT2D eigenvalue weighted by atomic mass is 10.2. The molecule has 0 radical (unpaired) electrons. The second-order valence-corrected chi connectivity index (χ2v) is 11.6. The third-order valence-electron chi connectivity index (χ3n) is 6.05. The van der Waals surface area contributed by atoms with E-state index in [1.165, 1.54) is 23.9 Å². The summed E-state index contributed by atoms with van der Waals surface area (Å²) < 4.78 is 8.23. The number of hydrogen-bond acceptors (Lipinski definition) is 16. The van der Waals surface area contributed by atoms with Gasteiger partial charge in [0.15, 0.2) is 23.0 Å². The molecule has 4 amide bonds. The number of primary amides is 4. The van der Waals surface area contributed by atoms with Crippen molar-refractivity contribution in [2.45, 2.75) is 52.6 Å². The van der Waals surface area contributed by atoms with Crippen LogP contribution in [0.1, 0.15) is 59.1 Å². The maximum Gasteiger partial charge on any atom is 0.271 e. The molecule has 4 aromatic rings. The lowest BCUT2D eigenvalue weighted by Crippen LogP contribution is -2.35. The van der Waals surface area contributed by atoms with Crippen molar-refractivity contribution in [2.24, 2.45) is 22.9 Å². The number of rotatable bonds is 14. The first kappa shape index (κ1) is 36.3. The van der Waals surface area contributed by atoms with Gasteiger partial charge in [-0.3, -0.25) is 19.2 Å². The van der Waals surface area contributed by atoms with E-state index in [1.807, 2.05) is 13.8 Å². The maximum atomic E-state index is 11.5. The lowest BCUT2D eigenvalue weighted by Gasteiger charge is -2.15. The van der Waals surface area contributed by atoms with Crippen molar-refractivity contribution in [2.75, 3.05) is 21.3 Å². The molecular formula is C26H33ClN14O4S2. The summed E-state index contributed by atoms with van der Waals surface area (Å²) in [7, 11) is 0. The Kier molecular flexibility index (Phi) is 12.6. The molecule has 0 saturated heterocycles. The molecule has 0 saturated carbocycles. The Hall–Kier alpha value is -5.21. The minimum Gasteiger partial charge on any atom is -0.368 e. The first-order chi connectivity index (χ1) is 22.2. The molecule has 4 aromatic heterocycles. The summed E-state index contributed by atoms with van der Waals surface area (Å²) in [6.45, 7) is 7.21. The molecule has 250 valence electrons. The number of nitrogens with two attached hydrogens (primary N) is 4. The molecule has 0 aliphatic rings. The van der Waals surface area contributed by atoms with Crippen LogP contribution in [0.15, 0.2) is 18.5 Å². The standard InChI is InChI=1S/C13H16ClN7O2S.C13H17N7O2S/c1-3-6(10(15)22)18-7-4-17-9(11(16)23)12(19-7)20-13-8(14)5(2)21-24-13;1-3-7(11(14)21)17-8-5-16-10(12(15)22)13(18-8)19-9-4-6(2)20-23-9/h4,6H,3H2,1-2H3,(H2,15,22)(H2,16,23)(H2,18,19,20);4-5,7H,3H2,1-2H3,(H2,14,21)(H2,15,22)(H2,17,18,19)/t6-;7-/m11/s1. The average molecular weight is 705 g/mol. The first-order valence-corrected chi connectivity index (χ1v) is 15.7. The second kappa shape index (κ2) is 16.4. The number of carbonyl (C=O) groups excluding carboxylic acids is 4. The average Bonchev–Trinajstić information content (AvgIpc) is 3.57. The Bertz CT molecular complexity index is 1760. The van der Waals surface area contributed by atoms with Gasteiger partial charge in [-0.15, -0.1) is 0 Å². The van der Waals surface area contributed by atoms with Crippen molar-refractivity contribution >= 4 is 91.6 Å². The van der Waals surface area contributed by atoms with E-state index in [4.69, 9.17) is 34.5 Å². The molecule has 4 heterocycles. The van der Waals surface area contributed by atoms with Crippen LogP contribution in [0.25, 0.3) is 0 Å². The van der Waals surface area contributed by atoms with Gasteiger partial charge in [-0.2, -0.15) is 8.75 Å². The van der Waals surface area contributed by atoms with Gasteiger partial charge < -0.3 is 44.2 Å². The molecule has 0 unspecified atom stereocenters. The molecule has 0 bridgehead atoms. The zero-order chi connectivity index (χ0) is 34.8. The van der Waals surface area contributed by atoms with Crippen LogP contribution < -0.4 is 44.2 Å². The fourth-order valence-electron chi connectivity index (χ4n) is 3.64. The van der Waals surface area contributed by atoms with Gasteiger partial charge in [0.05, 0.1) is 28.8 Å². The lowest BCUT2D eigenvalue weighted by molar-refractivity contribution is -0.119. The van der Waals surface area contributed by atoms with E-state index in [1.54, 1.807) is 19.9 Å². The Labute approximate surface area is 281 Å². The SMILES string of the molecule is CC[C@@H](Nc1cnc(C(N)=O)c(Nc2cc(C)ns2)n1)C(N)=O.CC[C@@H](Nc1cnc(C(N)=O)c(Nc2snc(C)c2Cl)n1)C(N)=O. The molecule has 0 aliphatic carbocycles. The molecule has 0 aromatic carbocycles. The summed E-state index contributed by atoms with van der Waals surface area (Å²) in [6.07, 6.45) is 3.59. The summed E-state index contributed by atoms with van der Waals surface area (Å²) in [4.78, 5) is 62.1. The minimum atomic E-state index is -0.754. The first-order valence-electron chi connectivity index (χ1n) is 13.8. The summed E-state index contributed by atoms with van der Waals surface area (Å²) in [5, 5.41) is 13.2. The van der Waals surface area contributed by atoms with Gasteiger partial charge >= 0.3 is 0 Å². The van der Waals surface area contributed by atoms with Crippen LogP contribution >= 0.6 is 34.7 Å². The van der Waals surface area contributed by atoms with Crippen molar-refractivity contribution in [3.63, 3.8) is 0 Å². The van der Waals surface area contributed by atoms with Crippen LogP contribution in [0.5, 0.6) is 0 Å². The van der Waals surface area contributed by atoms with Gasteiger partial charge in [0.2, 0.25) is 11.8 Å². The highest BCUT2D eigenvalue weighted by Gasteiger charge is 2.20. The molecule has 18 nitrogen and oxygen atoms in total. The van der Waals surface area contributed by atoms with Gasteiger partial charge in [0.25, 0.3) is 11.8 Å². The van der Waals surface area contributed by atoms with E-state index in [0.717, 1.165) is 17.2 Å². The summed E-state index contributed by atoms with van der Waals surface area (Å²) in [5.74, 6) is -1.61. The Balaban J connectivity index is 0.000000256. The highest BCUT2D eigenvalue weighted by molar-refractivity contribution is 7.11. The van der Waals surface area contributed by atoms with Gasteiger partial charge in [0.1, 0.15) is 33.7 Å². The van der Waals surface area contributed by atoms with Crippen molar-refractivity contribution < 1.29 is 19.2 Å². The van der Waals surface area contributed by atoms with Crippen LogP contribution in [-0.2, 0) is 9.59 Å². The number of halogens is 1. The van der Waals surface area contributed by atoms with Crippen LogP contribution in [-0.4, -0.2) is 64.4 Å². The number of anilines is 6. The summed E-state index contributed by atoms with van der Waals surface area (Å²) in [5.41, 5.74) is 22.6. The largest absolute Gasteiger partial charge is 0.368 e. The molecule has 0 spiro atoms. The number of nitrogens with zero attached hydrogens (tertiary/aromatic N) is 6. The number of aryl methyl sites for hydroxylation is 2. The molecule has 0 fully saturated rings. The number of nitrogens with one attached hydrogen (secondary N) is 4. The molecule has 21 heteroatoms. The van der Waals surface area contributed by atoms with Crippen LogP contribution in [0.4, 0.5) is 33.3 Å². The topological polar surface area (TPSA) is 298 Å². The second-order valence-electron chi connectivity index (χ2n) is 9.64. The fraction of sp³-hybridized carbons (Fsp3) is 0.308. The van der Waals surface area contributed by atoms with E-state index in [-0.39, 0.29) is 28.8 Å². The molecule has 2 atom stereocenters. The van der Waals surface area contributed by atoms with E-state index < -0.39 is 35.7 Å². The van der Waals surface area contributed by atoms with E-state index in [2.05, 4.69) is 50.0 Å². The van der Waals surface area contributed by atoms with E-state index in [9.17, 15) is 19.2 Å². The Morgan fingerprint density at radius 1 is 0.787 bits per heavy atom. The number of hydrogen-bond donors (Lipinski definition) is 8. The number of carbonyl (C=O) groups is 4. The quantitative estimate of drug-likeness (QED) is 0.0933. The van der Waals surface area contributed by atoms with E-state index in [0.29, 0.717) is 39.4 Å².